The van der Waals surface area contributed by atoms with Crippen molar-refractivity contribution in [2.75, 3.05) is 29.2 Å². The summed E-state index contributed by atoms with van der Waals surface area (Å²) in [6.07, 6.45) is 12.4. The number of nitrogens with zero attached hydrogens (tertiary/aromatic N) is 2. The Kier molecular flexibility index (Phi) is 5.00. The van der Waals surface area contributed by atoms with Crippen LogP contribution in [0.2, 0.25) is 0 Å². The summed E-state index contributed by atoms with van der Waals surface area (Å²) in [5.74, 6) is 1.29. The first-order chi connectivity index (χ1) is 17.9. The SMILES string of the molecule is CC(=O)Nc1ccc2c(c1)C(C)(C)C1(C=CC=C(C3=CC=CC4(O3)N(C)c3ccccc3C4(C)C)O1)N2C. The Morgan fingerprint density at radius 3 is 1.84 bits per heavy atom. The summed E-state index contributed by atoms with van der Waals surface area (Å²) < 4.78 is 13.9. The van der Waals surface area contributed by atoms with Crippen LogP contribution in [0.3, 0.4) is 0 Å². The smallest absolute Gasteiger partial charge is 0.221 e. The number of allylic oxidation sites excluding steroid dienone is 4. The van der Waals surface area contributed by atoms with Gasteiger partial charge in [0.1, 0.15) is 0 Å². The first-order valence-corrected chi connectivity index (χ1v) is 13.1. The molecule has 0 radical (unpaired) electrons. The molecule has 4 aliphatic heterocycles. The molecule has 4 heterocycles. The van der Waals surface area contributed by atoms with E-state index in [2.05, 4.69) is 112 Å². The second-order valence-corrected chi connectivity index (χ2v) is 11.7. The lowest BCUT2D eigenvalue weighted by molar-refractivity contribution is -0.114. The van der Waals surface area contributed by atoms with Gasteiger partial charge in [-0.3, -0.25) is 4.79 Å². The lowest BCUT2D eigenvalue weighted by atomic mass is 9.76. The molecule has 196 valence electrons. The highest BCUT2D eigenvalue weighted by Crippen LogP contribution is 2.57. The third kappa shape index (κ3) is 2.97. The van der Waals surface area contributed by atoms with Crippen molar-refractivity contribution in [2.24, 2.45) is 0 Å². The van der Waals surface area contributed by atoms with Crippen molar-refractivity contribution in [3.05, 3.63) is 102 Å². The summed E-state index contributed by atoms with van der Waals surface area (Å²) in [4.78, 5) is 16.1. The second-order valence-electron chi connectivity index (χ2n) is 11.7. The molecule has 2 unspecified atom stereocenters. The minimum atomic E-state index is -0.771. The van der Waals surface area contributed by atoms with Gasteiger partial charge in [0.05, 0.1) is 10.8 Å². The normalized spacial score (nSPS) is 27.4. The molecule has 1 N–H and O–H groups in total. The number of nitrogens with one attached hydrogen (secondary N) is 1. The van der Waals surface area contributed by atoms with E-state index in [0.29, 0.717) is 11.5 Å². The van der Waals surface area contributed by atoms with Crippen molar-refractivity contribution >= 4 is 23.0 Å². The first-order valence-electron chi connectivity index (χ1n) is 13.1. The minimum Gasteiger partial charge on any atom is -0.460 e. The van der Waals surface area contributed by atoms with Gasteiger partial charge < -0.3 is 24.6 Å². The molecule has 0 aromatic heterocycles. The van der Waals surface area contributed by atoms with Crippen molar-refractivity contribution < 1.29 is 14.3 Å². The van der Waals surface area contributed by atoms with Crippen molar-refractivity contribution in [1.29, 1.82) is 0 Å². The van der Waals surface area contributed by atoms with Crippen LogP contribution < -0.4 is 15.1 Å². The van der Waals surface area contributed by atoms with Gasteiger partial charge in [-0.1, -0.05) is 30.4 Å². The van der Waals surface area contributed by atoms with Gasteiger partial charge in [0.15, 0.2) is 11.5 Å². The predicted octanol–water partition coefficient (Wildman–Crippen LogP) is 6.13. The maximum absolute atomic E-state index is 11.7. The van der Waals surface area contributed by atoms with E-state index in [1.165, 1.54) is 18.2 Å². The monoisotopic (exact) mass is 509 g/mol. The average molecular weight is 510 g/mol. The van der Waals surface area contributed by atoms with Crippen LogP contribution in [0.4, 0.5) is 17.1 Å². The van der Waals surface area contributed by atoms with Crippen LogP contribution in [0.1, 0.15) is 45.7 Å². The predicted molar refractivity (Wildman–Crippen MR) is 152 cm³/mol. The number of fused-ring (bicyclic) bond motifs is 2. The first kappa shape index (κ1) is 24.4. The van der Waals surface area contributed by atoms with Gasteiger partial charge in [-0.15, -0.1) is 0 Å². The zero-order chi connectivity index (χ0) is 27.1. The molecular formula is C32H35N3O3. The summed E-state index contributed by atoms with van der Waals surface area (Å²) in [6, 6.07) is 14.5. The van der Waals surface area contributed by atoms with E-state index >= 15 is 0 Å². The number of hydrogen-bond acceptors (Lipinski definition) is 5. The van der Waals surface area contributed by atoms with E-state index < -0.39 is 16.9 Å². The van der Waals surface area contributed by atoms with Crippen LogP contribution in [-0.2, 0) is 25.1 Å². The van der Waals surface area contributed by atoms with Crippen LogP contribution in [0.5, 0.6) is 0 Å². The van der Waals surface area contributed by atoms with Crippen LogP contribution in [0.25, 0.3) is 0 Å². The molecule has 6 heteroatoms. The fourth-order valence-corrected chi connectivity index (χ4v) is 6.79. The molecule has 0 saturated carbocycles. The molecule has 2 spiro atoms. The number of benzene rings is 2. The van der Waals surface area contributed by atoms with Gasteiger partial charge in [0, 0.05) is 38.1 Å². The topological polar surface area (TPSA) is 54.0 Å². The number of anilines is 3. The van der Waals surface area contributed by atoms with Crippen LogP contribution in [0.15, 0.2) is 90.4 Å². The van der Waals surface area contributed by atoms with Gasteiger partial charge in [-0.05, 0) is 87.4 Å². The Balaban J connectivity index is 1.35. The molecular weight excluding hydrogens is 474 g/mol. The van der Waals surface area contributed by atoms with Crippen LogP contribution >= 0.6 is 0 Å². The van der Waals surface area contributed by atoms with Gasteiger partial charge in [0.25, 0.3) is 0 Å². The summed E-state index contributed by atoms with van der Waals surface area (Å²) >= 11 is 0. The number of ether oxygens (including phenoxy) is 2. The van der Waals surface area contributed by atoms with Gasteiger partial charge in [-0.25, -0.2) is 0 Å². The molecule has 38 heavy (non-hydrogen) atoms. The fourth-order valence-electron chi connectivity index (χ4n) is 6.79. The number of carbonyl (C=O) groups is 1. The maximum Gasteiger partial charge on any atom is 0.221 e. The fraction of sp³-hybridized carbons (Fsp3) is 0.344. The number of rotatable bonds is 2. The van der Waals surface area contributed by atoms with E-state index in [0.717, 1.165) is 16.9 Å². The minimum absolute atomic E-state index is 0.0897. The molecule has 0 fully saturated rings. The lowest BCUT2D eigenvalue weighted by Crippen LogP contribution is -2.57. The Morgan fingerprint density at radius 2 is 1.29 bits per heavy atom. The third-order valence-corrected chi connectivity index (χ3v) is 8.99. The van der Waals surface area contributed by atoms with Crippen LogP contribution in [-0.4, -0.2) is 31.5 Å². The number of amides is 1. The van der Waals surface area contributed by atoms with E-state index in [9.17, 15) is 4.79 Å². The Morgan fingerprint density at radius 1 is 0.763 bits per heavy atom. The maximum atomic E-state index is 11.7. The number of para-hydroxylation sites is 1. The van der Waals surface area contributed by atoms with Crippen LogP contribution in [0, 0.1) is 0 Å². The zero-order valence-corrected chi connectivity index (χ0v) is 23.1. The number of likely N-dealkylation sites (N-methyl/N-ethyl adjacent to an activating group) is 2. The lowest BCUT2D eigenvalue weighted by Gasteiger charge is -2.48. The molecule has 2 aromatic rings. The van der Waals surface area contributed by atoms with Crippen molar-refractivity contribution in [1.82, 2.24) is 0 Å². The molecule has 2 atom stereocenters. The molecule has 1 amide bonds. The third-order valence-electron chi connectivity index (χ3n) is 8.99. The molecule has 0 bridgehead atoms. The van der Waals surface area contributed by atoms with Crippen molar-refractivity contribution in [3.63, 3.8) is 0 Å². The summed E-state index contributed by atoms with van der Waals surface area (Å²) in [7, 11) is 4.15. The van der Waals surface area contributed by atoms with Gasteiger partial charge in [-0.2, -0.15) is 0 Å². The molecule has 0 saturated heterocycles. The molecule has 0 aliphatic carbocycles. The highest BCUT2D eigenvalue weighted by atomic mass is 16.6. The Labute approximate surface area is 224 Å². The molecule has 2 aromatic carbocycles. The van der Waals surface area contributed by atoms with E-state index in [1.807, 2.05) is 24.3 Å². The Bertz CT molecular complexity index is 1480. The summed E-state index contributed by atoms with van der Waals surface area (Å²) in [6.45, 7) is 10.4. The summed E-state index contributed by atoms with van der Waals surface area (Å²) in [5, 5.41) is 2.92. The molecule has 6 nitrogen and oxygen atoms in total. The Hall–Kier alpha value is -3.93. The molecule has 4 aliphatic rings. The molecule has 6 rings (SSSR count). The average Bonchev–Trinajstić information content (AvgIpc) is 3.15. The zero-order valence-electron chi connectivity index (χ0n) is 23.1. The highest BCUT2D eigenvalue weighted by Gasteiger charge is 2.60. The number of hydrogen-bond donors (Lipinski definition) is 1. The number of carbonyl (C=O) groups excluding carboxylic acids is 1. The second kappa shape index (κ2) is 7.79. The van der Waals surface area contributed by atoms with E-state index in [4.69, 9.17) is 9.47 Å². The standard InChI is InChI=1S/C32H35N3O3/c1-21(36)33-22-16-17-26-24(20-22)30(4,5)32(35(26)7)19-11-15-28(38-32)27-14-10-18-31(37-27)29(2,3)23-12-8-9-13-25(23)34(31)6/h8-20H,1-7H3,(H,33,36). The summed E-state index contributed by atoms with van der Waals surface area (Å²) in [5.41, 5.74) is 3.20. The highest BCUT2D eigenvalue weighted by molar-refractivity contribution is 5.89. The van der Waals surface area contributed by atoms with Crippen molar-refractivity contribution in [3.8, 4) is 0 Å². The van der Waals surface area contributed by atoms with E-state index in [-0.39, 0.29) is 11.3 Å². The van der Waals surface area contributed by atoms with Gasteiger partial charge in [0.2, 0.25) is 17.4 Å². The van der Waals surface area contributed by atoms with Crippen molar-refractivity contribution in [2.45, 2.75) is 56.9 Å². The van der Waals surface area contributed by atoms with E-state index in [1.54, 1.807) is 0 Å². The quantitative estimate of drug-likeness (QED) is 0.528. The van der Waals surface area contributed by atoms with Gasteiger partial charge >= 0.3 is 0 Å². The largest absolute Gasteiger partial charge is 0.460 e.